The molecule has 1 aromatic carbocycles. The summed E-state index contributed by atoms with van der Waals surface area (Å²) in [5.41, 5.74) is 1.16. The summed E-state index contributed by atoms with van der Waals surface area (Å²) in [6.07, 6.45) is -4.01. The van der Waals surface area contributed by atoms with Crippen molar-refractivity contribution in [3.8, 4) is 11.5 Å². The number of rotatable bonds is 5. The summed E-state index contributed by atoms with van der Waals surface area (Å²) in [4.78, 5) is 0. The van der Waals surface area contributed by atoms with Crippen LogP contribution in [0.25, 0.3) is 0 Å². The summed E-state index contributed by atoms with van der Waals surface area (Å²) in [5, 5.41) is 0. The minimum atomic E-state index is -4.20. The first-order valence-electron chi connectivity index (χ1n) is 6.28. The summed E-state index contributed by atoms with van der Waals surface area (Å²) in [6, 6.07) is 5.45. The quantitative estimate of drug-likeness (QED) is 0.803. The second-order valence-corrected chi connectivity index (χ2v) is 4.94. The standard InChI is InChI=1S/C14H17F3O2/c1-9-7-11(9)10-3-4-12(13(8-10)18-2)19-6-5-14(15,16)17/h3-4,8-9,11H,5-7H2,1-2H3. The van der Waals surface area contributed by atoms with E-state index in [1.807, 2.05) is 12.1 Å². The van der Waals surface area contributed by atoms with E-state index in [9.17, 15) is 13.2 Å². The number of alkyl halides is 3. The molecule has 0 radical (unpaired) electrons. The van der Waals surface area contributed by atoms with Crippen LogP contribution in [-0.2, 0) is 0 Å². The zero-order valence-electron chi connectivity index (χ0n) is 11.0. The van der Waals surface area contributed by atoms with E-state index < -0.39 is 12.6 Å². The van der Waals surface area contributed by atoms with Crippen LogP contribution in [-0.4, -0.2) is 19.9 Å². The van der Waals surface area contributed by atoms with E-state index in [1.54, 1.807) is 6.07 Å². The molecule has 2 unspecified atom stereocenters. The summed E-state index contributed by atoms with van der Waals surface area (Å²) in [6.45, 7) is 1.78. The Bertz CT molecular complexity index is 443. The first-order chi connectivity index (χ1) is 8.90. The topological polar surface area (TPSA) is 18.5 Å². The number of hydrogen-bond donors (Lipinski definition) is 0. The van der Waals surface area contributed by atoms with E-state index in [4.69, 9.17) is 9.47 Å². The van der Waals surface area contributed by atoms with Gasteiger partial charge < -0.3 is 9.47 Å². The lowest BCUT2D eigenvalue weighted by Gasteiger charge is -2.13. The molecule has 1 aromatic rings. The Morgan fingerprint density at radius 3 is 2.47 bits per heavy atom. The van der Waals surface area contributed by atoms with Crippen molar-refractivity contribution < 1.29 is 22.6 Å². The maximum Gasteiger partial charge on any atom is 0.392 e. The monoisotopic (exact) mass is 274 g/mol. The SMILES string of the molecule is COc1cc(C2CC2C)ccc1OCCC(F)(F)F. The van der Waals surface area contributed by atoms with Crippen LogP contribution in [0.1, 0.15) is 31.2 Å². The molecular formula is C14H17F3O2. The molecule has 19 heavy (non-hydrogen) atoms. The van der Waals surface area contributed by atoms with Crippen molar-refractivity contribution in [1.29, 1.82) is 0 Å². The molecular weight excluding hydrogens is 257 g/mol. The summed E-state index contributed by atoms with van der Waals surface area (Å²) < 4.78 is 46.5. The van der Waals surface area contributed by atoms with Crippen LogP contribution in [0.15, 0.2) is 18.2 Å². The van der Waals surface area contributed by atoms with E-state index in [2.05, 4.69) is 6.92 Å². The van der Waals surface area contributed by atoms with Gasteiger partial charge in [-0.1, -0.05) is 13.0 Å². The largest absolute Gasteiger partial charge is 0.493 e. The van der Waals surface area contributed by atoms with Gasteiger partial charge in [-0.2, -0.15) is 13.2 Å². The lowest BCUT2D eigenvalue weighted by atomic mass is 10.1. The smallest absolute Gasteiger partial charge is 0.392 e. The highest BCUT2D eigenvalue weighted by molar-refractivity contribution is 5.45. The van der Waals surface area contributed by atoms with Gasteiger partial charge in [0.2, 0.25) is 0 Å². The number of ether oxygens (including phenoxy) is 2. The molecule has 0 saturated heterocycles. The molecule has 0 aliphatic heterocycles. The predicted octanol–water partition coefficient (Wildman–Crippen LogP) is 4.15. The maximum atomic E-state index is 12.1. The van der Waals surface area contributed by atoms with Crippen molar-refractivity contribution in [2.45, 2.75) is 31.9 Å². The molecule has 0 N–H and O–H groups in total. The molecule has 1 aliphatic carbocycles. The zero-order chi connectivity index (χ0) is 14.0. The Labute approximate surface area is 110 Å². The fraction of sp³-hybridized carbons (Fsp3) is 0.571. The van der Waals surface area contributed by atoms with E-state index in [0.717, 1.165) is 12.0 Å². The van der Waals surface area contributed by atoms with Gasteiger partial charge in [0.1, 0.15) is 0 Å². The van der Waals surface area contributed by atoms with Gasteiger partial charge in [-0.25, -0.2) is 0 Å². The van der Waals surface area contributed by atoms with E-state index in [0.29, 0.717) is 23.3 Å². The Morgan fingerprint density at radius 1 is 1.26 bits per heavy atom. The van der Waals surface area contributed by atoms with Gasteiger partial charge in [0.15, 0.2) is 11.5 Å². The first-order valence-corrected chi connectivity index (χ1v) is 6.28. The molecule has 0 aromatic heterocycles. The lowest BCUT2D eigenvalue weighted by Crippen LogP contribution is -2.13. The Balaban J connectivity index is 2.00. The molecule has 2 atom stereocenters. The first kappa shape index (κ1) is 14.0. The predicted molar refractivity (Wildman–Crippen MR) is 65.7 cm³/mol. The molecule has 0 amide bonds. The second-order valence-electron chi connectivity index (χ2n) is 4.94. The molecule has 0 bridgehead atoms. The second kappa shape index (κ2) is 5.31. The Kier molecular flexibility index (Phi) is 3.92. The molecule has 1 saturated carbocycles. The van der Waals surface area contributed by atoms with Gasteiger partial charge in [0.25, 0.3) is 0 Å². The van der Waals surface area contributed by atoms with Gasteiger partial charge in [0.05, 0.1) is 20.1 Å². The van der Waals surface area contributed by atoms with Crippen LogP contribution in [0.2, 0.25) is 0 Å². The minimum Gasteiger partial charge on any atom is -0.493 e. The van der Waals surface area contributed by atoms with Gasteiger partial charge in [-0.05, 0) is 36.0 Å². The van der Waals surface area contributed by atoms with Gasteiger partial charge in [0, 0.05) is 0 Å². The fourth-order valence-electron chi connectivity index (χ4n) is 2.10. The van der Waals surface area contributed by atoms with Crippen molar-refractivity contribution in [3.63, 3.8) is 0 Å². The van der Waals surface area contributed by atoms with Crippen molar-refractivity contribution in [1.82, 2.24) is 0 Å². The normalized spacial score (nSPS) is 22.2. The molecule has 1 aliphatic rings. The van der Waals surface area contributed by atoms with Crippen LogP contribution in [0, 0.1) is 5.92 Å². The minimum absolute atomic E-state index is 0.365. The van der Waals surface area contributed by atoms with E-state index >= 15 is 0 Å². The Hall–Kier alpha value is -1.39. The van der Waals surface area contributed by atoms with Crippen LogP contribution in [0.3, 0.4) is 0 Å². The number of methoxy groups -OCH3 is 1. The molecule has 1 fully saturated rings. The number of benzene rings is 1. The van der Waals surface area contributed by atoms with Crippen molar-refractivity contribution in [2.24, 2.45) is 5.92 Å². The van der Waals surface area contributed by atoms with Gasteiger partial charge >= 0.3 is 6.18 Å². The third-order valence-electron chi connectivity index (χ3n) is 3.37. The average molecular weight is 274 g/mol. The maximum absolute atomic E-state index is 12.1. The van der Waals surface area contributed by atoms with Crippen molar-refractivity contribution in [2.75, 3.05) is 13.7 Å². The summed E-state index contributed by atoms with van der Waals surface area (Å²) in [7, 11) is 1.49. The van der Waals surface area contributed by atoms with Crippen LogP contribution >= 0.6 is 0 Å². The Morgan fingerprint density at radius 2 is 1.95 bits per heavy atom. The molecule has 5 heteroatoms. The fourth-order valence-corrected chi connectivity index (χ4v) is 2.10. The third kappa shape index (κ3) is 3.78. The van der Waals surface area contributed by atoms with Crippen molar-refractivity contribution in [3.05, 3.63) is 23.8 Å². The molecule has 2 rings (SSSR count). The van der Waals surface area contributed by atoms with Gasteiger partial charge in [-0.15, -0.1) is 0 Å². The molecule has 106 valence electrons. The highest BCUT2D eigenvalue weighted by Crippen LogP contribution is 2.48. The summed E-state index contributed by atoms with van der Waals surface area (Å²) >= 11 is 0. The average Bonchev–Trinajstić information content (AvgIpc) is 3.05. The highest BCUT2D eigenvalue weighted by atomic mass is 19.4. The molecule has 0 heterocycles. The molecule has 2 nitrogen and oxygen atoms in total. The van der Waals surface area contributed by atoms with Gasteiger partial charge in [-0.3, -0.25) is 0 Å². The van der Waals surface area contributed by atoms with Crippen molar-refractivity contribution >= 4 is 0 Å². The summed E-state index contributed by atoms with van der Waals surface area (Å²) in [5.74, 6) is 2.07. The van der Waals surface area contributed by atoms with E-state index in [1.165, 1.54) is 7.11 Å². The zero-order valence-corrected chi connectivity index (χ0v) is 11.0. The van der Waals surface area contributed by atoms with E-state index in [-0.39, 0.29) is 6.61 Å². The third-order valence-corrected chi connectivity index (χ3v) is 3.37. The highest BCUT2D eigenvalue weighted by Gasteiger charge is 2.34. The van der Waals surface area contributed by atoms with Crippen LogP contribution < -0.4 is 9.47 Å². The number of halogens is 3. The lowest BCUT2D eigenvalue weighted by molar-refractivity contribution is -0.139. The van der Waals surface area contributed by atoms with Crippen LogP contribution in [0.4, 0.5) is 13.2 Å². The van der Waals surface area contributed by atoms with Crippen LogP contribution in [0.5, 0.6) is 11.5 Å². The number of hydrogen-bond acceptors (Lipinski definition) is 2. The molecule has 0 spiro atoms.